The van der Waals surface area contributed by atoms with Crippen LogP contribution in [0.15, 0.2) is 53.3 Å². The van der Waals surface area contributed by atoms with Crippen LogP contribution in [0.25, 0.3) is 10.8 Å². The van der Waals surface area contributed by atoms with Gasteiger partial charge in [0.2, 0.25) is 11.8 Å². The molecule has 0 saturated heterocycles. The molecule has 0 bridgehead atoms. The lowest BCUT2D eigenvalue weighted by Gasteiger charge is -2.09. The summed E-state index contributed by atoms with van der Waals surface area (Å²) in [7, 11) is 1.57. The molecule has 0 aliphatic rings. The number of anilines is 2. The highest BCUT2D eigenvalue weighted by Gasteiger charge is 2.12. The smallest absolute Gasteiger partial charge is 0.274 e. The quantitative estimate of drug-likeness (QED) is 0.753. The zero-order valence-corrected chi connectivity index (χ0v) is 14.4. The van der Waals surface area contributed by atoms with E-state index in [1.165, 1.54) is 11.6 Å². The molecule has 1 aromatic heterocycles. The molecule has 7 nitrogen and oxygen atoms in total. The summed E-state index contributed by atoms with van der Waals surface area (Å²) in [6, 6.07) is 13.9. The van der Waals surface area contributed by atoms with E-state index in [1.54, 1.807) is 49.5 Å². The van der Waals surface area contributed by atoms with E-state index in [9.17, 15) is 14.4 Å². The van der Waals surface area contributed by atoms with Crippen LogP contribution in [0.2, 0.25) is 0 Å². The Morgan fingerprint density at radius 3 is 2.15 bits per heavy atom. The minimum absolute atomic E-state index is 0.0437. The maximum absolute atomic E-state index is 12.4. The van der Waals surface area contributed by atoms with E-state index in [1.807, 2.05) is 6.07 Å². The molecule has 1 heterocycles. The summed E-state index contributed by atoms with van der Waals surface area (Å²) in [5, 5.41) is 10.9. The Morgan fingerprint density at radius 1 is 0.962 bits per heavy atom. The third-order valence-electron chi connectivity index (χ3n) is 3.85. The molecule has 0 unspecified atom stereocenters. The van der Waals surface area contributed by atoms with Crippen LogP contribution >= 0.6 is 0 Å². The van der Waals surface area contributed by atoms with Crippen molar-refractivity contribution in [1.82, 2.24) is 9.78 Å². The summed E-state index contributed by atoms with van der Waals surface area (Å²) in [5.74, 6) is -0.400. The number of carbonyl (C=O) groups excluding carboxylic acids is 2. The maximum atomic E-state index is 12.4. The van der Waals surface area contributed by atoms with E-state index < -0.39 is 0 Å². The molecule has 0 fully saturated rings. The second kappa shape index (κ2) is 7.18. The molecule has 2 N–H and O–H groups in total. The highest BCUT2D eigenvalue weighted by Crippen LogP contribution is 2.16. The first-order valence-electron chi connectivity index (χ1n) is 8.06. The Hall–Kier alpha value is -3.48. The summed E-state index contributed by atoms with van der Waals surface area (Å²) in [5.41, 5.74) is 1.60. The van der Waals surface area contributed by atoms with Crippen LogP contribution in [-0.4, -0.2) is 21.6 Å². The first-order chi connectivity index (χ1) is 12.4. The topological polar surface area (TPSA) is 93.1 Å². The first kappa shape index (κ1) is 17.3. The van der Waals surface area contributed by atoms with E-state index in [0.29, 0.717) is 27.8 Å². The number of benzene rings is 2. The Balaban J connectivity index is 1.78. The molecule has 0 radical (unpaired) electrons. The van der Waals surface area contributed by atoms with E-state index in [4.69, 9.17) is 0 Å². The van der Waals surface area contributed by atoms with Crippen molar-refractivity contribution in [2.24, 2.45) is 7.05 Å². The molecule has 0 atom stereocenters. The maximum Gasteiger partial charge on any atom is 0.274 e. The zero-order valence-electron chi connectivity index (χ0n) is 14.4. The summed E-state index contributed by atoms with van der Waals surface area (Å²) in [6.45, 7) is 1.43. The van der Waals surface area contributed by atoms with Crippen molar-refractivity contribution in [1.29, 1.82) is 0 Å². The van der Waals surface area contributed by atoms with Crippen LogP contribution in [0.5, 0.6) is 0 Å². The summed E-state index contributed by atoms with van der Waals surface area (Å²) in [4.78, 5) is 35.5. The van der Waals surface area contributed by atoms with Gasteiger partial charge in [-0.1, -0.05) is 18.2 Å². The zero-order chi connectivity index (χ0) is 18.7. The number of rotatable bonds is 4. The van der Waals surface area contributed by atoms with E-state index in [2.05, 4.69) is 15.7 Å². The number of nitrogens with one attached hydrogen (secondary N) is 2. The molecular weight excluding hydrogens is 332 g/mol. The average molecular weight is 350 g/mol. The van der Waals surface area contributed by atoms with Gasteiger partial charge in [0, 0.05) is 30.7 Å². The molecule has 3 rings (SSSR count). The van der Waals surface area contributed by atoms with Gasteiger partial charge in [0.25, 0.3) is 5.56 Å². The van der Waals surface area contributed by atoms with Gasteiger partial charge in [-0.25, -0.2) is 4.68 Å². The largest absolute Gasteiger partial charge is 0.326 e. The molecular formula is C19H18N4O3. The van der Waals surface area contributed by atoms with E-state index >= 15 is 0 Å². The van der Waals surface area contributed by atoms with Crippen LogP contribution < -0.4 is 16.2 Å². The van der Waals surface area contributed by atoms with Crippen molar-refractivity contribution in [2.45, 2.75) is 13.3 Å². The molecule has 3 aromatic rings. The predicted octanol–water partition coefficient (Wildman–Crippen LogP) is 2.07. The fourth-order valence-electron chi connectivity index (χ4n) is 2.70. The van der Waals surface area contributed by atoms with Crippen molar-refractivity contribution in [2.75, 3.05) is 10.6 Å². The number of amides is 2. The van der Waals surface area contributed by atoms with Gasteiger partial charge in [-0.2, -0.15) is 5.10 Å². The highest BCUT2D eigenvalue weighted by atomic mass is 16.2. The third kappa shape index (κ3) is 3.77. The highest BCUT2D eigenvalue weighted by molar-refractivity contribution is 5.95. The second-order valence-corrected chi connectivity index (χ2v) is 5.90. The van der Waals surface area contributed by atoms with Crippen molar-refractivity contribution in [3.63, 3.8) is 0 Å². The van der Waals surface area contributed by atoms with Crippen molar-refractivity contribution in [3.8, 4) is 0 Å². The van der Waals surface area contributed by atoms with Gasteiger partial charge in [-0.05, 0) is 30.3 Å². The Morgan fingerprint density at radius 2 is 1.54 bits per heavy atom. The number of hydrogen-bond donors (Lipinski definition) is 2. The van der Waals surface area contributed by atoms with Crippen LogP contribution in [0.4, 0.5) is 11.4 Å². The van der Waals surface area contributed by atoms with Crippen molar-refractivity contribution >= 4 is 34.0 Å². The fraction of sp³-hybridized carbons (Fsp3) is 0.158. The number of aromatic nitrogens is 2. The van der Waals surface area contributed by atoms with Gasteiger partial charge in [0.15, 0.2) is 0 Å². The second-order valence-electron chi connectivity index (χ2n) is 5.90. The van der Waals surface area contributed by atoms with Crippen LogP contribution in [-0.2, 0) is 23.1 Å². The van der Waals surface area contributed by atoms with Gasteiger partial charge < -0.3 is 10.6 Å². The Kier molecular flexibility index (Phi) is 4.79. The van der Waals surface area contributed by atoms with E-state index in [-0.39, 0.29) is 23.8 Å². The Bertz CT molecular complexity index is 1040. The van der Waals surface area contributed by atoms with Gasteiger partial charge >= 0.3 is 0 Å². The number of hydrogen-bond acceptors (Lipinski definition) is 4. The lowest BCUT2D eigenvalue weighted by Crippen LogP contribution is -2.24. The lowest BCUT2D eigenvalue weighted by atomic mass is 10.1. The molecule has 0 saturated carbocycles. The van der Waals surface area contributed by atoms with Crippen LogP contribution in [0, 0.1) is 0 Å². The van der Waals surface area contributed by atoms with Crippen LogP contribution in [0.1, 0.15) is 12.6 Å². The van der Waals surface area contributed by atoms with Crippen LogP contribution in [0.3, 0.4) is 0 Å². The summed E-state index contributed by atoms with van der Waals surface area (Å²) < 4.78 is 1.24. The van der Waals surface area contributed by atoms with Crippen molar-refractivity contribution < 1.29 is 9.59 Å². The molecule has 2 aromatic carbocycles. The average Bonchev–Trinajstić information content (AvgIpc) is 2.61. The standard InChI is InChI=1S/C19H18N4O3/c1-12(24)20-13-7-9-14(10-8-13)21-18(25)11-17-15-5-3-4-6-16(15)19(26)23(2)22-17/h3-10H,11H2,1-2H3,(H,20,24)(H,21,25). The minimum atomic E-state index is -0.242. The summed E-state index contributed by atoms with van der Waals surface area (Å²) in [6.07, 6.45) is 0.0437. The molecule has 2 amide bonds. The van der Waals surface area contributed by atoms with E-state index in [0.717, 1.165) is 0 Å². The van der Waals surface area contributed by atoms with Crippen molar-refractivity contribution in [3.05, 3.63) is 64.6 Å². The van der Waals surface area contributed by atoms with Gasteiger partial charge in [-0.15, -0.1) is 0 Å². The predicted molar refractivity (Wildman–Crippen MR) is 100 cm³/mol. The fourth-order valence-corrected chi connectivity index (χ4v) is 2.70. The normalized spacial score (nSPS) is 10.5. The number of fused-ring (bicyclic) bond motifs is 1. The molecule has 132 valence electrons. The number of aryl methyl sites for hydroxylation is 1. The Labute approximate surface area is 149 Å². The first-order valence-corrected chi connectivity index (χ1v) is 8.06. The molecule has 7 heteroatoms. The molecule has 0 spiro atoms. The van der Waals surface area contributed by atoms with Gasteiger partial charge in [-0.3, -0.25) is 14.4 Å². The lowest BCUT2D eigenvalue weighted by molar-refractivity contribution is -0.116. The number of carbonyl (C=O) groups is 2. The van der Waals surface area contributed by atoms with Gasteiger partial charge in [0.1, 0.15) is 0 Å². The minimum Gasteiger partial charge on any atom is -0.326 e. The summed E-state index contributed by atoms with van der Waals surface area (Å²) >= 11 is 0. The monoisotopic (exact) mass is 350 g/mol. The molecule has 0 aliphatic heterocycles. The molecule has 26 heavy (non-hydrogen) atoms. The SMILES string of the molecule is CC(=O)Nc1ccc(NC(=O)Cc2nn(C)c(=O)c3ccccc23)cc1. The van der Waals surface area contributed by atoms with Gasteiger partial charge in [0.05, 0.1) is 17.5 Å². The number of nitrogens with zero attached hydrogens (tertiary/aromatic N) is 2. The molecule has 0 aliphatic carbocycles. The third-order valence-corrected chi connectivity index (χ3v) is 3.85.